The van der Waals surface area contributed by atoms with Crippen LogP contribution in [0.15, 0.2) is 36.4 Å². The number of nitrogens with zero attached hydrogens (tertiary/aromatic N) is 1. The molecule has 2 atom stereocenters. The highest BCUT2D eigenvalue weighted by Gasteiger charge is 2.34. The Balaban J connectivity index is 1.56. The molecule has 1 aromatic heterocycles. The van der Waals surface area contributed by atoms with Gasteiger partial charge >= 0.3 is 12.1 Å². The van der Waals surface area contributed by atoms with Crippen molar-refractivity contribution < 1.29 is 28.6 Å². The predicted molar refractivity (Wildman–Crippen MR) is 113 cm³/mol. The van der Waals surface area contributed by atoms with E-state index >= 15 is 0 Å². The van der Waals surface area contributed by atoms with Crippen molar-refractivity contribution in [3.63, 3.8) is 0 Å². The Hall–Kier alpha value is -2.45. The summed E-state index contributed by atoms with van der Waals surface area (Å²) in [6.45, 7) is 2.80. The van der Waals surface area contributed by atoms with Crippen LogP contribution in [0.5, 0.6) is 0 Å². The maximum atomic E-state index is 14.3. The van der Waals surface area contributed by atoms with Crippen LogP contribution in [-0.2, 0) is 16.1 Å². The van der Waals surface area contributed by atoms with Crippen molar-refractivity contribution in [2.75, 3.05) is 18.1 Å². The van der Waals surface area contributed by atoms with Gasteiger partial charge in [-0.2, -0.15) is 0 Å². The summed E-state index contributed by atoms with van der Waals surface area (Å²) in [6.07, 6.45) is 1.97. The van der Waals surface area contributed by atoms with Gasteiger partial charge in [-0.25, -0.2) is 14.0 Å². The summed E-state index contributed by atoms with van der Waals surface area (Å²) in [5.41, 5.74) is 1.25. The van der Waals surface area contributed by atoms with Crippen LogP contribution in [0.3, 0.4) is 0 Å². The van der Waals surface area contributed by atoms with Crippen molar-refractivity contribution in [3.8, 4) is 0 Å². The zero-order valence-corrected chi connectivity index (χ0v) is 17.7. The Morgan fingerprint density at radius 2 is 2.07 bits per heavy atom. The maximum Gasteiger partial charge on any atom is 0.414 e. The van der Waals surface area contributed by atoms with Crippen LogP contribution in [0.1, 0.15) is 58.9 Å². The van der Waals surface area contributed by atoms with E-state index in [1.54, 1.807) is 36.4 Å². The average molecular weight is 436 g/mol. The lowest BCUT2D eigenvalue weighted by Gasteiger charge is -2.22. The van der Waals surface area contributed by atoms with Crippen molar-refractivity contribution in [3.05, 3.63) is 51.7 Å². The van der Waals surface area contributed by atoms with Gasteiger partial charge in [0.2, 0.25) is 0 Å². The maximum absolute atomic E-state index is 14.3. The number of rotatable bonds is 11. The number of alkyl halides is 1. The van der Waals surface area contributed by atoms with E-state index in [9.17, 15) is 14.0 Å². The number of benzene rings is 1. The number of unbranched alkanes of at least 4 members (excludes halogenated alkanes) is 2. The van der Waals surface area contributed by atoms with E-state index in [0.717, 1.165) is 35.5 Å². The van der Waals surface area contributed by atoms with E-state index in [1.165, 1.54) is 4.90 Å². The first-order valence-corrected chi connectivity index (χ1v) is 10.9. The number of ether oxygens (including phenoxy) is 2. The number of aromatic carboxylic acids is 1. The summed E-state index contributed by atoms with van der Waals surface area (Å²) in [4.78, 5) is 25.7. The minimum Gasteiger partial charge on any atom is -0.477 e. The summed E-state index contributed by atoms with van der Waals surface area (Å²) in [6, 6.07) is 9.87. The smallest absolute Gasteiger partial charge is 0.414 e. The van der Waals surface area contributed by atoms with Crippen LogP contribution in [0.2, 0.25) is 0 Å². The van der Waals surface area contributed by atoms with Crippen LogP contribution >= 0.6 is 11.3 Å². The molecule has 6 nitrogen and oxygen atoms in total. The molecule has 1 saturated heterocycles. The summed E-state index contributed by atoms with van der Waals surface area (Å²) in [7, 11) is 0. The van der Waals surface area contributed by atoms with Crippen LogP contribution < -0.4 is 4.90 Å². The molecule has 1 aromatic carbocycles. The first-order valence-electron chi connectivity index (χ1n) is 10.1. The molecule has 1 unspecified atom stereocenters. The van der Waals surface area contributed by atoms with Crippen molar-refractivity contribution in [1.29, 1.82) is 0 Å². The fourth-order valence-corrected chi connectivity index (χ4v) is 4.13. The van der Waals surface area contributed by atoms with Crippen LogP contribution in [0.25, 0.3) is 0 Å². The highest BCUT2D eigenvalue weighted by atomic mass is 32.1. The number of anilines is 1. The molecule has 8 heteroatoms. The second kappa shape index (κ2) is 10.5. The quantitative estimate of drug-likeness (QED) is 0.466. The van der Waals surface area contributed by atoms with E-state index in [1.807, 2.05) is 0 Å². The second-order valence-electron chi connectivity index (χ2n) is 7.24. The molecule has 30 heavy (non-hydrogen) atoms. The fraction of sp³-hybridized carbons (Fsp3) is 0.455. The van der Waals surface area contributed by atoms with Crippen LogP contribution in [0, 0.1) is 0 Å². The van der Waals surface area contributed by atoms with Gasteiger partial charge < -0.3 is 14.6 Å². The van der Waals surface area contributed by atoms with E-state index < -0.39 is 18.2 Å². The van der Waals surface area contributed by atoms with Crippen LogP contribution in [-0.4, -0.2) is 36.4 Å². The highest BCUT2D eigenvalue weighted by molar-refractivity contribution is 7.13. The molecule has 1 aliphatic heterocycles. The van der Waals surface area contributed by atoms with Crippen molar-refractivity contribution >= 4 is 29.1 Å². The van der Waals surface area contributed by atoms with Crippen molar-refractivity contribution in [1.82, 2.24) is 0 Å². The lowest BCUT2D eigenvalue weighted by Crippen LogP contribution is -2.36. The fourth-order valence-electron chi connectivity index (χ4n) is 3.35. The molecule has 0 radical (unpaired) electrons. The third kappa shape index (κ3) is 5.58. The molecule has 0 aliphatic carbocycles. The molecule has 2 heterocycles. The number of carbonyl (C=O) groups is 2. The van der Waals surface area contributed by atoms with E-state index in [2.05, 4.69) is 6.92 Å². The second-order valence-corrected chi connectivity index (χ2v) is 8.41. The molecule has 2 aromatic rings. The number of carboxylic acid groups (broad SMARTS) is 1. The van der Waals surface area contributed by atoms with Gasteiger partial charge in [-0.3, -0.25) is 4.90 Å². The largest absolute Gasteiger partial charge is 0.477 e. The third-order valence-corrected chi connectivity index (χ3v) is 6.03. The molecule has 1 amide bonds. The molecule has 1 fully saturated rings. The Bertz CT molecular complexity index is 853. The number of thiophene rings is 1. The SMILES string of the molecule is CCCCCC(F)c1ccc(N2C(=O)OC[C@@H]2COCc2ccc(C(=O)O)s2)cc1. The predicted octanol–water partition coefficient (Wildman–Crippen LogP) is 5.58. The van der Waals surface area contributed by atoms with Crippen molar-refractivity contribution in [2.24, 2.45) is 0 Å². The summed E-state index contributed by atoms with van der Waals surface area (Å²) >= 11 is 1.16. The summed E-state index contributed by atoms with van der Waals surface area (Å²) < 4.78 is 25.2. The average Bonchev–Trinajstić information content (AvgIpc) is 3.35. The van der Waals surface area contributed by atoms with E-state index in [0.29, 0.717) is 17.7 Å². The van der Waals surface area contributed by atoms with Gasteiger partial charge in [-0.15, -0.1) is 11.3 Å². The van der Waals surface area contributed by atoms with Gasteiger partial charge in [-0.05, 0) is 36.2 Å². The molecule has 3 rings (SSSR count). The van der Waals surface area contributed by atoms with E-state index in [-0.39, 0.29) is 30.7 Å². The molecular formula is C22H26FNO5S. The number of amides is 1. The van der Waals surface area contributed by atoms with E-state index in [4.69, 9.17) is 14.6 Å². The number of carboxylic acids is 1. The number of hydrogen-bond donors (Lipinski definition) is 1. The normalized spacial score (nSPS) is 17.2. The topological polar surface area (TPSA) is 76.1 Å². The number of carbonyl (C=O) groups excluding carboxylic acids is 1. The minimum atomic E-state index is -1.00. The summed E-state index contributed by atoms with van der Waals surface area (Å²) in [5, 5.41) is 8.98. The van der Waals surface area contributed by atoms with Gasteiger partial charge in [0.1, 0.15) is 17.7 Å². The first-order chi connectivity index (χ1) is 14.5. The standard InChI is InChI=1S/C22H26FNO5S/c1-2-3-4-5-19(23)15-6-8-16(9-7-15)24-17(13-29-22(24)27)12-28-14-18-10-11-20(30-18)21(25)26/h6-11,17,19H,2-5,12-14H2,1H3,(H,25,26)/t17-,19?/m0/s1. The lowest BCUT2D eigenvalue weighted by molar-refractivity contribution is 0.0702. The molecule has 0 bridgehead atoms. The Morgan fingerprint density at radius 3 is 2.73 bits per heavy atom. The zero-order chi connectivity index (χ0) is 21.5. The van der Waals surface area contributed by atoms with Crippen molar-refractivity contribution in [2.45, 2.75) is 51.4 Å². The molecule has 1 aliphatic rings. The third-order valence-electron chi connectivity index (χ3n) is 4.98. The Kier molecular flexibility index (Phi) is 7.81. The number of halogens is 1. The minimum absolute atomic E-state index is 0.203. The first kappa shape index (κ1) is 22.2. The van der Waals surface area contributed by atoms with Gasteiger partial charge in [-0.1, -0.05) is 38.3 Å². The summed E-state index contributed by atoms with van der Waals surface area (Å²) in [5.74, 6) is -0.962. The van der Waals surface area contributed by atoms with Gasteiger partial charge in [0, 0.05) is 10.6 Å². The molecule has 0 saturated carbocycles. The van der Waals surface area contributed by atoms with Gasteiger partial charge in [0.05, 0.1) is 19.3 Å². The monoisotopic (exact) mass is 435 g/mol. The Morgan fingerprint density at radius 1 is 1.30 bits per heavy atom. The van der Waals surface area contributed by atoms with Gasteiger partial charge in [0.15, 0.2) is 0 Å². The number of hydrogen-bond acceptors (Lipinski definition) is 5. The lowest BCUT2D eigenvalue weighted by atomic mass is 10.0. The van der Waals surface area contributed by atoms with Gasteiger partial charge in [0.25, 0.3) is 0 Å². The highest BCUT2D eigenvalue weighted by Crippen LogP contribution is 2.29. The number of cyclic esters (lactones) is 1. The Labute approximate surface area is 179 Å². The molecular weight excluding hydrogens is 409 g/mol. The molecule has 162 valence electrons. The molecule has 0 spiro atoms. The zero-order valence-electron chi connectivity index (χ0n) is 16.9. The van der Waals surface area contributed by atoms with Crippen LogP contribution in [0.4, 0.5) is 14.9 Å². The molecule has 1 N–H and O–H groups in total.